The van der Waals surface area contributed by atoms with Crippen LogP contribution in [0.25, 0.3) is 0 Å². The molecule has 0 atom stereocenters. The summed E-state index contributed by atoms with van der Waals surface area (Å²) < 4.78 is 0. The van der Waals surface area contributed by atoms with Gasteiger partial charge >= 0.3 is 0 Å². The summed E-state index contributed by atoms with van der Waals surface area (Å²) in [6.45, 7) is 9.43. The maximum Gasteiger partial charge on any atom is -0.0272 e. The van der Waals surface area contributed by atoms with Gasteiger partial charge in [-0.1, -0.05) is 207 Å². The van der Waals surface area contributed by atoms with Gasteiger partial charge in [0, 0.05) is 0 Å². The molecule has 0 aromatic carbocycles. The predicted molar refractivity (Wildman–Crippen MR) is 168 cm³/mol. The molecule has 0 aliphatic rings. The summed E-state index contributed by atoms with van der Waals surface area (Å²) in [5, 5.41) is 0. The molecule has 0 unspecified atom stereocenters. The quantitative estimate of drug-likeness (QED) is 0.0821. The first-order chi connectivity index (χ1) is 17.7. The van der Waals surface area contributed by atoms with Crippen molar-refractivity contribution in [1.82, 2.24) is 0 Å². The molecule has 0 aromatic heterocycles. The second-order valence-corrected chi connectivity index (χ2v) is 12.8. The Morgan fingerprint density at radius 1 is 0.361 bits per heavy atom. The third kappa shape index (κ3) is 32.0. The molecule has 0 aromatic rings. The highest BCUT2D eigenvalue weighted by Gasteiger charge is 2.03. The topological polar surface area (TPSA) is 0 Å². The van der Waals surface area contributed by atoms with E-state index in [4.69, 9.17) is 0 Å². The van der Waals surface area contributed by atoms with Crippen molar-refractivity contribution in [2.24, 2.45) is 5.92 Å². The van der Waals surface area contributed by atoms with Crippen molar-refractivity contribution in [3.8, 4) is 0 Å². The lowest BCUT2D eigenvalue weighted by Crippen LogP contribution is -1.93. The molecule has 0 saturated heterocycles. The molecule has 0 aliphatic carbocycles. The minimum Gasteiger partial charge on any atom is -0.0654 e. The maximum atomic E-state index is 2.42. The first-order valence-electron chi connectivity index (χ1n) is 17.5. The van der Waals surface area contributed by atoms with Crippen LogP contribution in [0.1, 0.15) is 220 Å². The molecule has 0 aliphatic heterocycles. The van der Waals surface area contributed by atoms with E-state index in [2.05, 4.69) is 27.7 Å². The highest BCUT2D eigenvalue weighted by molar-refractivity contribution is 4.83. The number of unbranched alkanes of at least 4 members (excludes halogenated alkanes) is 25. The van der Waals surface area contributed by atoms with Gasteiger partial charge in [-0.05, 0) is 24.7 Å². The maximum absolute atomic E-state index is 2.42. The van der Waals surface area contributed by atoms with E-state index >= 15 is 0 Å². The van der Waals surface area contributed by atoms with Gasteiger partial charge < -0.3 is 0 Å². The van der Waals surface area contributed by atoms with Crippen LogP contribution in [0.2, 0.25) is 0 Å². The highest BCUT2D eigenvalue weighted by atomic mass is 14.1. The van der Waals surface area contributed by atoms with E-state index in [0.717, 1.165) is 5.92 Å². The molecular formula is C36H73. The van der Waals surface area contributed by atoms with E-state index in [1.54, 1.807) is 5.92 Å². The molecule has 0 N–H and O–H groups in total. The van der Waals surface area contributed by atoms with Crippen molar-refractivity contribution < 1.29 is 0 Å². The SMILES string of the molecule is CCCCCCCCCCCCCCCCC[C](C)CCCCCCCCCCCCCCC(C)C. The van der Waals surface area contributed by atoms with E-state index in [0.29, 0.717) is 0 Å². The first-order valence-corrected chi connectivity index (χ1v) is 17.5. The van der Waals surface area contributed by atoms with E-state index in [9.17, 15) is 0 Å². The number of rotatable bonds is 31. The zero-order valence-corrected chi connectivity index (χ0v) is 26.3. The highest BCUT2D eigenvalue weighted by Crippen LogP contribution is 2.21. The van der Waals surface area contributed by atoms with Crippen LogP contribution in [-0.4, -0.2) is 0 Å². The van der Waals surface area contributed by atoms with Gasteiger partial charge in [-0.2, -0.15) is 0 Å². The normalized spacial score (nSPS) is 11.8. The van der Waals surface area contributed by atoms with Gasteiger partial charge in [0.25, 0.3) is 0 Å². The molecule has 0 saturated carbocycles. The molecule has 0 spiro atoms. The van der Waals surface area contributed by atoms with Gasteiger partial charge in [-0.3, -0.25) is 0 Å². The predicted octanol–water partition coefficient (Wildman–Crippen LogP) is 14.0. The van der Waals surface area contributed by atoms with Gasteiger partial charge in [0.2, 0.25) is 0 Å². The van der Waals surface area contributed by atoms with Crippen molar-refractivity contribution in [2.45, 2.75) is 220 Å². The average molecular weight is 506 g/mol. The van der Waals surface area contributed by atoms with E-state index in [1.165, 1.54) is 193 Å². The van der Waals surface area contributed by atoms with Crippen LogP contribution < -0.4 is 0 Å². The molecule has 0 heterocycles. The Kier molecular flexibility index (Phi) is 31.2. The summed E-state index contributed by atoms with van der Waals surface area (Å²) in [6, 6.07) is 0. The molecule has 0 nitrogen and oxygen atoms in total. The van der Waals surface area contributed by atoms with Crippen LogP contribution in [0.15, 0.2) is 0 Å². The number of hydrogen-bond acceptors (Lipinski definition) is 0. The van der Waals surface area contributed by atoms with Crippen LogP contribution in [0.3, 0.4) is 0 Å². The van der Waals surface area contributed by atoms with E-state index in [-0.39, 0.29) is 0 Å². The third-order valence-corrected chi connectivity index (χ3v) is 8.34. The third-order valence-electron chi connectivity index (χ3n) is 8.34. The monoisotopic (exact) mass is 506 g/mol. The Labute approximate surface area is 232 Å². The van der Waals surface area contributed by atoms with E-state index < -0.39 is 0 Å². The Morgan fingerprint density at radius 2 is 0.611 bits per heavy atom. The fraction of sp³-hybridized carbons (Fsp3) is 0.972. The average Bonchev–Trinajstić information content (AvgIpc) is 2.86. The van der Waals surface area contributed by atoms with Crippen molar-refractivity contribution in [1.29, 1.82) is 0 Å². The second-order valence-electron chi connectivity index (χ2n) is 12.8. The standard InChI is InChI=1S/C36H73/c1-5-6-7-8-9-10-11-12-13-14-18-21-24-27-30-33-36(4)34-31-28-25-22-19-16-15-17-20-23-26-29-32-35(2)3/h35H,5-34H2,1-4H3. The molecule has 0 fully saturated rings. The lowest BCUT2D eigenvalue weighted by atomic mass is 9.95. The summed E-state index contributed by atoms with van der Waals surface area (Å²) >= 11 is 0. The van der Waals surface area contributed by atoms with Crippen LogP contribution in [0.4, 0.5) is 0 Å². The van der Waals surface area contributed by atoms with Crippen LogP contribution >= 0.6 is 0 Å². The van der Waals surface area contributed by atoms with Crippen molar-refractivity contribution in [2.75, 3.05) is 0 Å². The fourth-order valence-electron chi connectivity index (χ4n) is 5.67. The Balaban J connectivity index is 3.14. The Morgan fingerprint density at radius 3 is 0.889 bits per heavy atom. The van der Waals surface area contributed by atoms with Crippen molar-refractivity contribution >= 4 is 0 Å². The van der Waals surface area contributed by atoms with Crippen LogP contribution in [-0.2, 0) is 0 Å². The summed E-state index contributed by atoms with van der Waals surface area (Å²) in [4.78, 5) is 0. The molecule has 0 heteroatoms. The summed E-state index contributed by atoms with van der Waals surface area (Å²) in [5.41, 5.74) is 0. The van der Waals surface area contributed by atoms with Gasteiger partial charge in [0.1, 0.15) is 0 Å². The molecule has 0 bridgehead atoms. The smallest absolute Gasteiger partial charge is 0.0272 e. The molecule has 1 radical (unpaired) electrons. The first kappa shape index (κ1) is 36.0. The van der Waals surface area contributed by atoms with Crippen molar-refractivity contribution in [3.05, 3.63) is 5.92 Å². The molecular weight excluding hydrogens is 432 g/mol. The Bertz CT molecular complexity index is 370. The molecule has 0 amide bonds. The van der Waals surface area contributed by atoms with Crippen LogP contribution in [0, 0.1) is 11.8 Å². The lowest BCUT2D eigenvalue weighted by molar-refractivity contribution is 0.502. The number of hydrogen-bond donors (Lipinski definition) is 0. The summed E-state index contributed by atoms with van der Waals surface area (Å²) in [6.07, 6.45) is 43.9. The van der Waals surface area contributed by atoms with Crippen LogP contribution in [0.5, 0.6) is 0 Å². The van der Waals surface area contributed by atoms with Crippen molar-refractivity contribution in [3.63, 3.8) is 0 Å². The zero-order valence-electron chi connectivity index (χ0n) is 26.3. The summed E-state index contributed by atoms with van der Waals surface area (Å²) in [7, 11) is 0. The van der Waals surface area contributed by atoms with Gasteiger partial charge in [0.05, 0.1) is 0 Å². The molecule has 36 heavy (non-hydrogen) atoms. The molecule has 217 valence electrons. The zero-order chi connectivity index (χ0) is 26.4. The minimum atomic E-state index is 0.894. The Hall–Kier alpha value is 0. The lowest BCUT2D eigenvalue weighted by Gasteiger charge is -2.10. The summed E-state index contributed by atoms with van der Waals surface area (Å²) in [5.74, 6) is 2.67. The minimum absolute atomic E-state index is 0.894. The second kappa shape index (κ2) is 31.2. The fourth-order valence-corrected chi connectivity index (χ4v) is 5.67. The molecule has 0 rings (SSSR count). The van der Waals surface area contributed by atoms with E-state index in [1.807, 2.05) is 0 Å². The van der Waals surface area contributed by atoms with Gasteiger partial charge in [0.15, 0.2) is 0 Å². The van der Waals surface area contributed by atoms with Gasteiger partial charge in [-0.25, -0.2) is 0 Å². The van der Waals surface area contributed by atoms with Gasteiger partial charge in [-0.15, -0.1) is 0 Å². The largest absolute Gasteiger partial charge is 0.0654 e.